The monoisotopic (exact) mass is 449 g/mol. The molecule has 8 heteroatoms. The summed E-state index contributed by atoms with van der Waals surface area (Å²) in [6.45, 7) is 0.814. The van der Waals surface area contributed by atoms with E-state index in [-0.39, 0.29) is 12.3 Å². The number of amides is 1. The lowest BCUT2D eigenvalue weighted by molar-refractivity contribution is -0.121. The highest BCUT2D eigenvalue weighted by Crippen LogP contribution is 2.19. The molecule has 0 spiro atoms. The highest BCUT2D eigenvalue weighted by molar-refractivity contribution is 9.10. The topological polar surface area (TPSA) is 77.2 Å². The van der Waals surface area contributed by atoms with Crippen molar-refractivity contribution in [2.45, 2.75) is 12.8 Å². The molecule has 0 bridgehead atoms. The van der Waals surface area contributed by atoms with Crippen LogP contribution in [0.15, 0.2) is 57.5 Å². The van der Waals surface area contributed by atoms with Gasteiger partial charge in [-0.1, -0.05) is 38.8 Å². The fourth-order valence-electron chi connectivity index (χ4n) is 2.30. The minimum absolute atomic E-state index is 0.0981. The Hall–Kier alpha value is -2.38. The van der Waals surface area contributed by atoms with Crippen molar-refractivity contribution < 1.29 is 14.1 Å². The largest absolute Gasteiger partial charge is 0.492 e. The van der Waals surface area contributed by atoms with Crippen LogP contribution in [0, 0.1) is 0 Å². The van der Waals surface area contributed by atoms with Crippen molar-refractivity contribution in [3.63, 3.8) is 0 Å². The van der Waals surface area contributed by atoms with Gasteiger partial charge in [-0.25, -0.2) is 0 Å². The first-order valence-electron chi connectivity index (χ1n) is 8.34. The van der Waals surface area contributed by atoms with Gasteiger partial charge in [0.1, 0.15) is 12.4 Å². The molecule has 0 unspecified atom stereocenters. The standard InChI is InChI=1S/C19H17BrClN3O3/c20-14-2-1-3-16(12-14)26-11-10-22-17(25)8-9-18-23-19(24-27-18)13-4-6-15(21)7-5-13/h1-7,12H,8-11H2,(H,22,25). The smallest absolute Gasteiger partial charge is 0.227 e. The van der Waals surface area contributed by atoms with Crippen molar-refractivity contribution in [1.82, 2.24) is 15.5 Å². The molecule has 1 aromatic heterocycles. The van der Waals surface area contributed by atoms with Crippen LogP contribution in [-0.2, 0) is 11.2 Å². The number of nitrogens with one attached hydrogen (secondary N) is 1. The van der Waals surface area contributed by atoms with Gasteiger partial charge in [0.05, 0.1) is 6.54 Å². The van der Waals surface area contributed by atoms with Crippen LogP contribution in [0.3, 0.4) is 0 Å². The van der Waals surface area contributed by atoms with Crippen LogP contribution in [0.2, 0.25) is 5.02 Å². The van der Waals surface area contributed by atoms with Gasteiger partial charge in [-0.15, -0.1) is 0 Å². The predicted octanol–water partition coefficient (Wildman–Crippen LogP) is 4.28. The molecule has 0 aliphatic heterocycles. The Bertz CT molecular complexity index is 899. The maximum atomic E-state index is 11.9. The van der Waals surface area contributed by atoms with Crippen molar-refractivity contribution in [3.8, 4) is 17.1 Å². The third kappa shape index (κ3) is 6.08. The third-order valence-corrected chi connectivity index (χ3v) is 4.37. The zero-order valence-corrected chi connectivity index (χ0v) is 16.7. The van der Waals surface area contributed by atoms with Gasteiger partial charge in [-0.2, -0.15) is 4.98 Å². The first kappa shape index (κ1) is 19.4. The van der Waals surface area contributed by atoms with Crippen LogP contribution in [-0.4, -0.2) is 29.2 Å². The lowest BCUT2D eigenvalue weighted by atomic mass is 10.2. The van der Waals surface area contributed by atoms with Gasteiger partial charge in [0.25, 0.3) is 0 Å². The first-order valence-corrected chi connectivity index (χ1v) is 9.51. The second-order valence-electron chi connectivity index (χ2n) is 5.67. The van der Waals surface area contributed by atoms with Gasteiger partial charge in [-0.3, -0.25) is 4.79 Å². The van der Waals surface area contributed by atoms with E-state index in [9.17, 15) is 4.79 Å². The van der Waals surface area contributed by atoms with Gasteiger partial charge >= 0.3 is 0 Å². The molecule has 27 heavy (non-hydrogen) atoms. The highest BCUT2D eigenvalue weighted by atomic mass is 79.9. The van der Waals surface area contributed by atoms with Crippen molar-refractivity contribution in [1.29, 1.82) is 0 Å². The summed E-state index contributed by atoms with van der Waals surface area (Å²) in [5.41, 5.74) is 0.809. The van der Waals surface area contributed by atoms with Crippen LogP contribution in [0.1, 0.15) is 12.3 Å². The second-order valence-corrected chi connectivity index (χ2v) is 7.03. The Kier molecular flexibility index (Phi) is 6.84. The summed E-state index contributed by atoms with van der Waals surface area (Å²) < 4.78 is 11.7. The third-order valence-electron chi connectivity index (χ3n) is 3.63. The molecule has 0 saturated carbocycles. The van der Waals surface area contributed by atoms with E-state index in [1.54, 1.807) is 12.1 Å². The number of nitrogens with zero attached hydrogens (tertiary/aromatic N) is 2. The number of aromatic nitrogens is 2. The number of hydrogen-bond acceptors (Lipinski definition) is 5. The minimum atomic E-state index is -0.0981. The molecule has 2 aromatic carbocycles. The number of hydrogen-bond donors (Lipinski definition) is 1. The van der Waals surface area contributed by atoms with E-state index in [1.807, 2.05) is 36.4 Å². The Labute approximate surface area is 170 Å². The maximum absolute atomic E-state index is 11.9. The molecule has 0 fully saturated rings. The normalized spacial score (nSPS) is 10.6. The molecule has 0 saturated heterocycles. The number of aryl methyl sites for hydroxylation is 1. The van der Waals surface area contributed by atoms with E-state index in [0.717, 1.165) is 15.8 Å². The van der Waals surface area contributed by atoms with E-state index in [1.165, 1.54) is 0 Å². The number of carbonyl (C=O) groups is 1. The zero-order valence-electron chi connectivity index (χ0n) is 14.3. The summed E-state index contributed by atoms with van der Waals surface area (Å²) >= 11 is 9.24. The summed E-state index contributed by atoms with van der Waals surface area (Å²) in [5.74, 6) is 1.54. The van der Waals surface area contributed by atoms with E-state index >= 15 is 0 Å². The van der Waals surface area contributed by atoms with Crippen molar-refractivity contribution in [2.24, 2.45) is 0 Å². The van der Waals surface area contributed by atoms with Crippen LogP contribution >= 0.6 is 27.5 Å². The van der Waals surface area contributed by atoms with Crippen LogP contribution in [0.4, 0.5) is 0 Å². The molecule has 0 radical (unpaired) electrons. The Morgan fingerprint density at radius 3 is 2.81 bits per heavy atom. The van der Waals surface area contributed by atoms with Gasteiger partial charge in [0, 0.05) is 27.9 Å². The van der Waals surface area contributed by atoms with Gasteiger partial charge in [-0.05, 0) is 42.5 Å². The number of carbonyl (C=O) groups excluding carboxylic acids is 1. The average molecular weight is 451 g/mol. The van der Waals surface area contributed by atoms with Gasteiger partial charge in [0.15, 0.2) is 0 Å². The lowest BCUT2D eigenvalue weighted by Gasteiger charge is -2.07. The van der Waals surface area contributed by atoms with Gasteiger partial charge < -0.3 is 14.6 Å². The zero-order chi connectivity index (χ0) is 19.1. The predicted molar refractivity (Wildman–Crippen MR) is 106 cm³/mol. The van der Waals surface area contributed by atoms with Crippen LogP contribution in [0.25, 0.3) is 11.4 Å². The number of benzene rings is 2. The molecule has 140 valence electrons. The average Bonchev–Trinajstić information content (AvgIpc) is 3.13. The Balaban J connectivity index is 1.38. The Morgan fingerprint density at radius 1 is 1.22 bits per heavy atom. The fraction of sp³-hybridized carbons (Fsp3) is 0.211. The molecule has 1 heterocycles. The minimum Gasteiger partial charge on any atom is -0.492 e. The van der Waals surface area contributed by atoms with E-state index in [4.69, 9.17) is 20.9 Å². The quantitative estimate of drug-likeness (QED) is 0.518. The van der Waals surface area contributed by atoms with Crippen LogP contribution < -0.4 is 10.1 Å². The molecule has 1 amide bonds. The van der Waals surface area contributed by atoms with E-state index in [0.29, 0.717) is 36.3 Å². The molecule has 0 aliphatic rings. The van der Waals surface area contributed by atoms with Crippen LogP contribution in [0.5, 0.6) is 5.75 Å². The summed E-state index contributed by atoms with van der Waals surface area (Å²) in [4.78, 5) is 16.2. The second kappa shape index (κ2) is 9.53. The molecule has 0 atom stereocenters. The fourth-order valence-corrected chi connectivity index (χ4v) is 2.80. The number of rotatable bonds is 8. The molecular formula is C19H17BrClN3O3. The summed E-state index contributed by atoms with van der Waals surface area (Å²) in [6.07, 6.45) is 0.637. The Morgan fingerprint density at radius 2 is 2.04 bits per heavy atom. The molecule has 3 aromatic rings. The SMILES string of the molecule is O=C(CCc1nc(-c2ccc(Cl)cc2)no1)NCCOc1cccc(Br)c1. The first-order chi connectivity index (χ1) is 13.1. The highest BCUT2D eigenvalue weighted by Gasteiger charge is 2.10. The van der Waals surface area contributed by atoms with E-state index < -0.39 is 0 Å². The molecule has 3 rings (SSSR count). The van der Waals surface area contributed by atoms with Crippen molar-refractivity contribution in [2.75, 3.05) is 13.2 Å². The summed E-state index contributed by atoms with van der Waals surface area (Å²) in [6, 6.07) is 14.7. The number of halogens is 2. The lowest BCUT2D eigenvalue weighted by Crippen LogP contribution is -2.28. The molecule has 1 N–H and O–H groups in total. The molecule has 0 aliphatic carbocycles. The summed E-state index contributed by atoms with van der Waals surface area (Å²) in [5, 5.41) is 7.37. The van der Waals surface area contributed by atoms with Crippen molar-refractivity contribution >= 4 is 33.4 Å². The summed E-state index contributed by atoms with van der Waals surface area (Å²) in [7, 11) is 0. The van der Waals surface area contributed by atoms with E-state index in [2.05, 4.69) is 31.4 Å². The van der Waals surface area contributed by atoms with Gasteiger partial charge in [0.2, 0.25) is 17.6 Å². The molecule has 6 nitrogen and oxygen atoms in total. The van der Waals surface area contributed by atoms with Crippen molar-refractivity contribution in [3.05, 3.63) is 63.9 Å². The maximum Gasteiger partial charge on any atom is 0.227 e. The molecular weight excluding hydrogens is 434 g/mol. The number of ether oxygens (including phenoxy) is 1.